The molecule has 0 bridgehead atoms. The van der Waals surface area contributed by atoms with Crippen LogP contribution in [0.15, 0.2) is 54.6 Å². The Morgan fingerprint density at radius 3 is 2.44 bits per heavy atom. The second-order valence-corrected chi connectivity index (χ2v) is 10.1. The number of aliphatic hydroxyl groups excluding tert-OH is 1. The molecule has 0 aliphatic rings. The third-order valence-corrected chi connectivity index (χ3v) is 7.21. The first-order chi connectivity index (χ1) is 17.2. The molecule has 0 amide bonds. The number of aromatic nitrogens is 1. The summed E-state index contributed by atoms with van der Waals surface area (Å²) in [6.07, 6.45) is 4.88. The first-order valence-electron chi connectivity index (χ1n) is 11.4. The van der Waals surface area contributed by atoms with Gasteiger partial charge in [-0.2, -0.15) is 0 Å². The number of terminal acetylenes is 1. The number of aryl methyl sites for hydroxylation is 1. The van der Waals surface area contributed by atoms with E-state index in [0.29, 0.717) is 33.6 Å². The maximum absolute atomic E-state index is 14.2. The largest absolute Gasteiger partial charge is 0.518 e. The van der Waals surface area contributed by atoms with Crippen molar-refractivity contribution in [2.24, 2.45) is 0 Å². The van der Waals surface area contributed by atoms with E-state index in [9.17, 15) is 18.9 Å². The van der Waals surface area contributed by atoms with E-state index in [1.165, 1.54) is 13.2 Å². The molecule has 0 fully saturated rings. The average molecular weight is 509 g/mol. The molecule has 3 atom stereocenters. The maximum Gasteiger partial charge on any atom is 0.518 e. The van der Waals surface area contributed by atoms with E-state index in [1.807, 2.05) is 50.2 Å². The third-order valence-electron chi connectivity index (χ3n) is 5.79. The number of ether oxygens (including phenoxy) is 1. The predicted octanol–water partition coefficient (Wildman–Crippen LogP) is 6.30. The number of carbonyl (C=O) groups excluding carboxylic acids is 1. The number of hydrogen-bond donors (Lipinski definition) is 1. The molecule has 0 spiro atoms. The van der Waals surface area contributed by atoms with Gasteiger partial charge in [0.25, 0.3) is 0 Å². The van der Waals surface area contributed by atoms with Crippen LogP contribution in [0.25, 0.3) is 22.4 Å². The maximum atomic E-state index is 14.2. The Morgan fingerprint density at radius 1 is 1.17 bits per heavy atom. The normalized spacial score (nSPS) is 13.1. The molecule has 186 valence electrons. The Kier molecular flexibility index (Phi) is 9.06. The first kappa shape index (κ1) is 27.2. The van der Waals surface area contributed by atoms with E-state index >= 15 is 0 Å². The SMILES string of the molecule is C#COC(=O)CC(O)C(c1c(-c2ccc(F)c(C)c2)cc(-c2ccccc2)nc1C(C)C)[P+](=O)OC. The Bertz CT molecular complexity index is 1300. The van der Waals surface area contributed by atoms with Gasteiger partial charge in [0, 0.05) is 11.1 Å². The molecule has 0 radical (unpaired) electrons. The number of nitrogens with zero attached hydrogens (tertiary/aromatic N) is 1. The van der Waals surface area contributed by atoms with E-state index in [0.717, 1.165) is 5.56 Å². The van der Waals surface area contributed by atoms with Crippen molar-refractivity contribution in [2.45, 2.75) is 44.9 Å². The van der Waals surface area contributed by atoms with Gasteiger partial charge in [0.1, 0.15) is 18.0 Å². The van der Waals surface area contributed by atoms with Gasteiger partial charge >= 0.3 is 14.0 Å². The zero-order valence-corrected chi connectivity index (χ0v) is 21.5. The first-order valence-corrected chi connectivity index (χ1v) is 12.6. The molecule has 36 heavy (non-hydrogen) atoms. The third kappa shape index (κ3) is 6.03. The van der Waals surface area contributed by atoms with E-state index in [4.69, 9.17) is 15.9 Å². The Balaban J connectivity index is 2.36. The number of aliphatic hydroxyl groups is 1. The summed E-state index contributed by atoms with van der Waals surface area (Å²) in [4.78, 5) is 17.0. The molecule has 0 aliphatic heterocycles. The predicted molar refractivity (Wildman–Crippen MR) is 137 cm³/mol. The Labute approximate surface area is 211 Å². The van der Waals surface area contributed by atoms with Crippen LogP contribution in [-0.2, 0) is 18.6 Å². The van der Waals surface area contributed by atoms with E-state index in [-0.39, 0.29) is 11.7 Å². The standard InChI is InChI=1S/C28H28FNO5P/c1-6-35-25(32)16-24(31)28(36(33)34-5)26-21(20-12-13-22(29)18(4)14-20)15-23(30-27(26)17(2)3)19-10-8-7-9-11-19/h1,7-15,17,24,28,31H,16H2,2-5H3/q+1. The van der Waals surface area contributed by atoms with Crippen molar-refractivity contribution in [1.29, 1.82) is 0 Å². The summed E-state index contributed by atoms with van der Waals surface area (Å²) in [7, 11) is -1.23. The number of halogens is 1. The van der Waals surface area contributed by atoms with Crippen molar-refractivity contribution in [3.63, 3.8) is 0 Å². The van der Waals surface area contributed by atoms with Crippen molar-refractivity contribution in [3.05, 3.63) is 77.2 Å². The molecule has 3 aromatic rings. The molecule has 2 aromatic carbocycles. The summed E-state index contributed by atoms with van der Waals surface area (Å²) >= 11 is 0. The van der Waals surface area contributed by atoms with E-state index in [1.54, 1.807) is 25.2 Å². The van der Waals surface area contributed by atoms with Gasteiger partial charge in [0.2, 0.25) is 5.66 Å². The van der Waals surface area contributed by atoms with Crippen molar-refractivity contribution in [2.75, 3.05) is 7.11 Å². The average Bonchev–Trinajstić information content (AvgIpc) is 2.86. The van der Waals surface area contributed by atoms with Gasteiger partial charge in [-0.1, -0.05) is 56.7 Å². The van der Waals surface area contributed by atoms with Gasteiger partial charge < -0.3 is 9.84 Å². The lowest BCUT2D eigenvalue weighted by molar-refractivity contribution is -0.139. The van der Waals surface area contributed by atoms with Gasteiger partial charge in [-0.05, 0) is 52.3 Å². The van der Waals surface area contributed by atoms with Crippen LogP contribution in [0.1, 0.15) is 48.7 Å². The van der Waals surface area contributed by atoms with E-state index < -0.39 is 32.2 Å². The van der Waals surface area contributed by atoms with Crippen LogP contribution in [0.3, 0.4) is 0 Å². The molecular formula is C28H28FNO5P+. The number of hydrogen-bond acceptors (Lipinski definition) is 6. The van der Waals surface area contributed by atoms with Crippen LogP contribution < -0.4 is 0 Å². The fourth-order valence-corrected chi connectivity index (χ4v) is 5.17. The summed E-state index contributed by atoms with van der Waals surface area (Å²) in [5.74, 6) is -1.36. The Hall–Kier alpha value is -3.43. The van der Waals surface area contributed by atoms with Gasteiger partial charge in [-0.3, -0.25) is 9.78 Å². The van der Waals surface area contributed by atoms with Gasteiger partial charge in [0.15, 0.2) is 0 Å². The summed E-state index contributed by atoms with van der Waals surface area (Å²) < 4.78 is 37.1. The highest BCUT2D eigenvalue weighted by atomic mass is 31.1. The molecule has 3 rings (SSSR count). The van der Waals surface area contributed by atoms with Gasteiger partial charge in [0.05, 0.1) is 24.9 Å². The number of rotatable bonds is 9. The highest BCUT2D eigenvalue weighted by molar-refractivity contribution is 7.39. The molecule has 8 heteroatoms. The summed E-state index contributed by atoms with van der Waals surface area (Å²) in [6, 6.07) is 16.0. The van der Waals surface area contributed by atoms with Crippen LogP contribution in [-0.4, -0.2) is 29.3 Å². The van der Waals surface area contributed by atoms with Crippen LogP contribution in [0.2, 0.25) is 0 Å². The summed E-state index contributed by atoms with van der Waals surface area (Å²) in [6.45, 7) is 5.51. The smallest absolute Gasteiger partial charge is 0.387 e. The van der Waals surface area contributed by atoms with Crippen molar-refractivity contribution in [1.82, 2.24) is 4.98 Å². The van der Waals surface area contributed by atoms with Crippen LogP contribution in [0.4, 0.5) is 4.39 Å². The minimum Gasteiger partial charge on any atom is -0.387 e. The number of benzene rings is 2. The lowest BCUT2D eigenvalue weighted by atomic mass is 9.88. The fourth-order valence-electron chi connectivity index (χ4n) is 4.08. The minimum atomic E-state index is -2.50. The summed E-state index contributed by atoms with van der Waals surface area (Å²) in [5, 5.41) is 11.1. The zero-order valence-electron chi connectivity index (χ0n) is 20.6. The molecule has 0 aliphatic carbocycles. The van der Waals surface area contributed by atoms with Crippen LogP contribution >= 0.6 is 8.03 Å². The van der Waals surface area contributed by atoms with Crippen LogP contribution in [0, 0.1) is 25.3 Å². The summed E-state index contributed by atoms with van der Waals surface area (Å²) in [5.41, 5.74) is 3.09. The quantitative estimate of drug-likeness (QED) is 0.207. The highest BCUT2D eigenvalue weighted by Crippen LogP contribution is 2.50. The van der Waals surface area contributed by atoms with Crippen molar-refractivity contribution < 1.29 is 28.1 Å². The molecule has 0 saturated carbocycles. The monoisotopic (exact) mass is 508 g/mol. The number of carbonyl (C=O) groups is 1. The Morgan fingerprint density at radius 2 is 1.86 bits per heavy atom. The number of esters is 1. The minimum absolute atomic E-state index is 0.156. The number of pyridine rings is 1. The second kappa shape index (κ2) is 12.0. The zero-order chi connectivity index (χ0) is 26.4. The molecule has 1 N–H and O–H groups in total. The molecule has 1 heterocycles. The second-order valence-electron chi connectivity index (χ2n) is 8.61. The van der Waals surface area contributed by atoms with Crippen molar-refractivity contribution in [3.8, 4) is 34.9 Å². The molecule has 3 unspecified atom stereocenters. The van der Waals surface area contributed by atoms with Crippen molar-refractivity contribution >= 4 is 14.0 Å². The fraction of sp³-hybridized carbons (Fsp3) is 0.286. The molecule has 6 nitrogen and oxygen atoms in total. The molecular weight excluding hydrogens is 480 g/mol. The molecule has 0 saturated heterocycles. The topological polar surface area (TPSA) is 85.7 Å². The van der Waals surface area contributed by atoms with Crippen LogP contribution in [0.5, 0.6) is 0 Å². The highest BCUT2D eigenvalue weighted by Gasteiger charge is 2.45. The lowest BCUT2D eigenvalue weighted by Gasteiger charge is -2.23. The van der Waals surface area contributed by atoms with Gasteiger partial charge in [-0.15, -0.1) is 4.52 Å². The van der Waals surface area contributed by atoms with E-state index in [2.05, 4.69) is 4.74 Å². The molecule has 1 aromatic heterocycles. The van der Waals surface area contributed by atoms with Gasteiger partial charge in [-0.25, -0.2) is 4.39 Å². The lowest BCUT2D eigenvalue weighted by Crippen LogP contribution is -2.23.